The molecule has 4 heteroatoms. The van der Waals surface area contributed by atoms with Crippen LogP contribution in [0.1, 0.15) is 24.4 Å². The molecule has 0 bridgehead atoms. The Balaban J connectivity index is 2.64. The van der Waals surface area contributed by atoms with Crippen LogP contribution < -0.4 is 11.3 Å². The summed E-state index contributed by atoms with van der Waals surface area (Å²) in [5.74, 6) is 5.29. The van der Waals surface area contributed by atoms with Gasteiger partial charge in [-0.2, -0.15) is 0 Å². The van der Waals surface area contributed by atoms with Crippen molar-refractivity contribution in [1.82, 2.24) is 10.4 Å². The number of nitrogens with two attached hydrogens (primary N) is 1. The molecule has 0 saturated heterocycles. The maximum Gasteiger partial charge on any atom is 0.111 e. The molecule has 0 aliphatic carbocycles. The predicted octanol–water partition coefficient (Wildman–Crippen LogP) is 1.06. The van der Waals surface area contributed by atoms with Gasteiger partial charge >= 0.3 is 0 Å². The molecular formula is C6H11N3S. The molecule has 1 aromatic heterocycles. The Labute approximate surface area is 64.2 Å². The van der Waals surface area contributed by atoms with Gasteiger partial charge in [-0.1, -0.05) is 6.92 Å². The number of nitrogens with zero attached hydrogens (tertiary/aromatic N) is 1. The van der Waals surface area contributed by atoms with E-state index in [9.17, 15) is 0 Å². The maximum absolute atomic E-state index is 5.29. The van der Waals surface area contributed by atoms with Crippen molar-refractivity contribution in [2.45, 2.75) is 19.4 Å². The Kier molecular flexibility index (Phi) is 2.80. The van der Waals surface area contributed by atoms with Crippen molar-refractivity contribution >= 4 is 11.3 Å². The van der Waals surface area contributed by atoms with Crippen LogP contribution in [0.25, 0.3) is 0 Å². The summed E-state index contributed by atoms with van der Waals surface area (Å²) in [7, 11) is 0. The van der Waals surface area contributed by atoms with Crippen molar-refractivity contribution in [3.05, 3.63) is 16.6 Å². The minimum Gasteiger partial charge on any atom is -0.271 e. The fourth-order valence-electron chi connectivity index (χ4n) is 0.770. The van der Waals surface area contributed by atoms with E-state index in [0.717, 1.165) is 11.4 Å². The average molecular weight is 157 g/mol. The number of hydrazine groups is 1. The lowest BCUT2D eigenvalue weighted by Gasteiger charge is -2.08. The molecule has 0 amide bonds. The molecule has 1 heterocycles. The van der Waals surface area contributed by atoms with E-state index in [0.29, 0.717) is 0 Å². The molecule has 0 aliphatic heterocycles. The highest BCUT2D eigenvalue weighted by atomic mass is 32.1. The minimum absolute atomic E-state index is 0.222. The van der Waals surface area contributed by atoms with Crippen molar-refractivity contribution in [3.63, 3.8) is 0 Å². The number of hydrogen-bond acceptors (Lipinski definition) is 4. The molecule has 0 unspecified atom stereocenters. The topological polar surface area (TPSA) is 50.9 Å². The summed E-state index contributed by atoms with van der Waals surface area (Å²) in [6, 6.07) is 0.222. The molecule has 0 spiro atoms. The first-order valence-corrected chi connectivity index (χ1v) is 4.12. The smallest absolute Gasteiger partial charge is 0.111 e. The van der Waals surface area contributed by atoms with Crippen molar-refractivity contribution in [2.75, 3.05) is 0 Å². The second kappa shape index (κ2) is 3.65. The summed E-state index contributed by atoms with van der Waals surface area (Å²) < 4.78 is 0. The van der Waals surface area contributed by atoms with Crippen molar-refractivity contribution in [3.8, 4) is 0 Å². The van der Waals surface area contributed by atoms with Gasteiger partial charge in [-0.3, -0.25) is 11.3 Å². The van der Waals surface area contributed by atoms with Gasteiger partial charge in [0, 0.05) is 11.6 Å². The molecule has 1 rings (SSSR count). The Morgan fingerprint density at radius 3 is 3.10 bits per heavy atom. The lowest BCUT2D eigenvalue weighted by molar-refractivity contribution is 0.536. The highest BCUT2D eigenvalue weighted by molar-refractivity contribution is 7.09. The molecule has 0 radical (unpaired) electrons. The normalized spacial score (nSPS) is 13.4. The van der Waals surface area contributed by atoms with E-state index in [1.165, 1.54) is 0 Å². The number of thiazole rings is 1. The van der Waals surface area contributed by atoms with E-state index in [1.807, 2.05) is 5.38 Å². The third kappa shape index (κ3) is 1.53. The number of nitrogens with one attached hydrogen (secondary N) is 1. The summed E-state index contributed by atoms with van der Waals surface area (Å²) in [5, 5.41) is 3.01. The van der Waals surface area contributed by atoms with Gasteiger partial charge in [0.15, 0.2) is 0 Å². The Bertz CT molecular complexity index is 169. The van der Waals surface area contributed by atoms with E-state index in [-0.39, 0.29) is 6.04 Å². The summed E-state index contributed by atoms with van der Waals surface area (Å²) in [4.78, 5) is 4.13. The number of rotatable bonds is 3. The van der Waals surface area contributed by atoms with Gasteiger partial charge in [-0.25, -0.2) is 4.98 Å². The van der Waals surface area contributed by atoms with Gasteiger partial charge in [0.2, 0.25) is 0 Å². The second-order valence-electron chi connectivity index (χ2n) is 2.00. The van der Waals surface area contributed by atoms with Crippen LogP contribution >= 0.6 is 11.3 Å². The van der Waals surface area contributed by atoms with Crippen molar-refractivity contribution < 1.29 is 0 Å². The van der Waals surface area contributed by atoms with Crippen molar-refractivity contribution in [1.29, 1.82) is 0 Å². The van der Waals surface area contributed by atoms with E-state index in [4.69, 9.17) is 5.84 Å². The van der Waals surface area contributed by atoms with Crippen LogP contribution in [0.4, 0.5) is 0 Å². The quantitative estimate of drug-likeness (QED) is 0.509. The van der Waals surface area contributed by atoms with Gasteiger partial charge < -0.3 is 0 Å². The highest BCUT2D eigenvalue weighted by Gasteiger charge is 2.07. The summed E-state index contributed by atoms with van der Waals surface area (Å²) >= 11 is 1.63. The van der Waals surface area contributed by atoms with Gasteiger partial charge in [-0.15, -0.1) is 11.3 Å². The molecule has 3 N–H and O–H groups in total. The van der Waals surface area contributed by atoms with Gasteiger partial charge in [0.25, 0.3) is 0 Å². The molecule has 0 fully saturated rings. The summed E-state index contributed by atoms with van der Waals surface area (Å²) in [5.41, 5.74) is 2.70. The first-order valence-electron chi connectivity index (χ1n) is 3.24. The molecule has 56 valence electrons. The largest absolute Gasteiger partial charge is 0.271 e. The van der Waals surface area contributed by atoms with Crippen LogP contribution in [0.2, 0.25) is 0 Å². The Hall–Kier alpha value is -0.450. The first-order chi connectivity index (χ1) is 4.88. The zero-order chi connectivity index (χ0) is 7.40. The molecule has 1 aromatic rings. The van der Waals surface area contributed by atoms with E-state index in [2.05, 4.69) is 17.3 Å². The third-order valence-corrected chi connectivity index (χ3v) is 2.25. The van der Waals surface area contributed by atoms with Gasteiger partial charge in [0.05, 0.1) is 6.04 Å². The van der Waals surface area contributed by atoms with Crippen LogP contribution in [0, 0.1) is 0 Å². The number of aromatic nitrogens is 1. The van der Waals surface area contributed by atoms with Gasteiger partial charge in [-0.05, 0) is 6.42 Å². The van der Waals surface area contributed by atoms with E-state index >= 15 is 0 Å². The lowest BCUT2D eigenvalue weighted by atomic mass is 10.2. The summed E-state index contributed by atoms with van der Waals surface area (Å²) in [6.45, 7) is 2.08. The van der Waals surface area contributed by atoms with Crippen LogP contribution in [-0.4, -0.2) is 4.98 Å². The highest BCUT2D eigenvalue weighted by Crippen LogP contribution is 2.16. The van der Waals surface area contributed by atoms with Crippen LogP contribution in [0.5, 0.6) is 0 Å². The molecule has 1 atom stereocenters. The van der Waals surface area contributed by atoms with Crippen LogP contribution in [-0.2, 0) is 0 Å². The zero-order valence-corrected chi connectivity index (χ0v) is 6.69. The zero-order valence-electron chi connectivity index (χ0n) is 5.87. The monoisotopic (exact) mass is 157 g/mol. The average Bonchev–Trinajstić information content (AvgIpc) is 2.43. The third-order valence-electron chi connectivity index (χ3n) is 1.36. The fourth-order valence-corrected chi connectivity index (χ4v) is 1.55. The standard InChI is InChI=1S/C6H11N3S/c1-2-5(9-7)6-8-3-4-10-6/h3-5,9H,2,7H2,1H3/t5-/m1/s1. The van der Waals surface area contributed by atoms with Gasteiger partial charge in [0.1, 0.15) is 5.01 Å². The van der Waals surface area contributed by atoms with E-state index in [1.54, 1.807) is 17.5 Å². The van der Waals surface area contributed by atoms with Crippen molar-refractivity contribution in [2.24, 2.45) is 5.84 Å². The predicted molar refractivity (Wildman–Crippen MR) is 42.5 cm³/mol. The first kappa shape index (κ1) is 7.65. The molecule has 0 aromatic carbocycles. The van der Waals surface area contributed by atoms with Crippen LogP contribution in [0.15, 0.2) is 11.6 Å². The molecule has 0 saturated carbocycles. The molecule has 10 heavy (non-hydrogen) atoms. The molecule has 0 aliphatic rings. The van der Waals surface area contributed by atoms with Crippen LogP contribution in [0.3, 0.4) is 0 Å². The second-order valence-corrected chi connectivity index (χ2v) is 2.92. The molecule has 3 nitrogen and oxygen atoms in total. The molecular weight excluding hydrogens is 146 g/mol. The SMILES string of the molecule is CC[C@@H](NN)c1nccs1. The fraction of sp³-hybridized carbons (Fsp3) is 0.500. The minimum atomic E-state index is 0.222. The lowest BCUT2D eigenvalue weighted by Crippen LogP contribution is -2.27. The number of hydrogen-bond donors (Lipinski definition) is 2. The Morgan fingerprint density at radius 2 is 2.70 bits per heavy atom. The van der Waals surface area contributed by atoms with E-state index < -0.39 is 0 Å². The maximum atomic E-state index is 5.29. The summed E-state index contributed by atoms with van der Waals surface area (Å²) in [6.07, 6.45) is 2.77. The Morgan fingerprint density at radius 1 is 1.90 bits per heavy atom.